The Morgan fingerprint density at radius 3 is 2.40 bits per heavy atom. The van der Waals surface area contributed by atoms with Crippen LogP contribution in [0.15, 0.2) is 23.8 Å². The summed E-state index contributed by atoms with van der Waals surface area (Å²) in [6.07, 6.45) is 1.84. The second kappa shape index (κ2) is 8.67. The molecule has 0 amide bonds. The molecule has 25 heavy (non-hydrogen) atoms. The van der Waals surface area contributed by atoms with Crippen molar-refractivity contribution >= 4 is 20.4 Å². The maximum absolute atomic E-state index is 11.9. The highest BCUT2D eigenvalue weighted by atomic mass is 28.4. The van der Waals surface area contributed by atoms with Crippen LogP contribution in [0.4, 0.5) is 0 Å². The van der Waals surface area contributed by atoms with E-state index >= 15 is 0 Å². The summed E-state index contributed by atoms with van der Waals surface area (Å²) >= 11 is 0. The lowest BCUT2D eigenvalue weighted by Crippen LogP contribution is -2.40. The number of benzene rings is 1. The number of carbonyl (C=O) groups is 1. The molecule has 0 aliphatic carbocycles. The molecule has 0 aliphatic heterocycles. The third-order valence-electron chi connectivity index (χ3n) is 4.74. The highest BCUT2D eigenvalue weighted by molar-refractivity contribution is 6.74. The molecule has 0 heterocycles. The Balaban J connectivity index is 3.17. The first-order valence-corrected chi connectivity index (χ1v) is 11.6. The van der Waals surface area contributed by atoms with Gasteiger partial charge in [0.05, 0.1) is 20.3 Å². The van der Waals surface area contributed by atoms with Gasteiger partial charge in [-0.1, -0.05) is 32.9 Å². The summed E-state index contributed by atoms with van der Waals surface area (Å²) in [5.74, 6) is 0.464. The van der Waals surface area contributed by atoms with Gasteiger partial charge < -0.3 is 13.9 Å². The van der Waals surface area contributed by atoms with Crippen molar-refractivity contribution in [2.45, 2.75) is 59.4 Å². The monoisotopic (exact) mass is 364 g/mol. The minimum atomic E-state index is -1.89. The van der Waals surface area contributed by atoms with Crippen LogP contribution in [0.3, 0.4) is 0 Å². The molecule has 0 fully saturated rings. The van der Waals surface area contributed by atoms with E-state index in [1.165, 1.54) is 0 Å². The molecule has 140 valence electrons. The fourth-order valence-corrected chi connectivity index (χ4v) is 3.01. The van der Waals surface area contributed by atoms with Crippen molar-refractivity contribution in [2.24, 2.45) is 0 Å². The van der Waals surface area contributed by atoms with Crippen LogP contribution >= 0.6 is 0 Å². The molecule has 5 heteroatoms. The number of rotatable bonds is 7. The minimum Gasteiger partial charge on any atom is -0.496 e. The number of carbonyl (C=O) groups excluding carboxylic acids is 1. The number of methoxy groups -OCH3 is 1. The summed E-state index contributed by atoms with van der Waals surface area (Å²) < 4.78 is 17.0. The smallest absolute Gasteiger partial charge is 0.333 e. The van der Waals surface area contributed by atoms with Crippen molar-refractivity contribution in [3.8, 4) is 5.75 Å². The Kier molecular flexibility index (Phi) is 7.44. The van der Waals surface area contributed by atoms with E-state index in [0.717, 1.165) is 16.9 Å². The molecule has 1 aromatic rings. The average molecular weight is 365 g/mol. The zero-order chi connectivity index (χ0) is 19.3. The van der Waals surface area contributed by atoms with Crippen LogP contribution in [0.1, 0.15) is 45.7 Å². The standard InChI is InChI=1S/C20H32O4Si/c1-9-23-19(21)15(2)13-16-11-10-12-18(22-6)17(16)14-24-25(7,8)20(3,4)5/h10-13H,9,14H2,1-8H3/b15-13+. The quantitative estimate of drug-likeness (QED) is 0.380. The lowest BCUT2D eigenvalue weighted by atomic mass is 10.0. The molecule has 0 aromatic heterocycles. The summed E-state index contributed by atoms with van der Waals surface area (Å²) in [7, 11) is -0.239. The van der Waals surface area contributed by atoms with Gasteiger partial charge in [0.15, 0.2) is 8.32 Å². The molecule has 0 N–H and O–H groups in total. The molecule has 0 radical (unpaired) electrons. The van der Waals surface area contributed by atoms with Crippen LogP contribution in [0.25, 0.3) is 6.08 Å². The lowest BCUT2D eigenvalue weighted by molar-refractivity contribution is -0.138. The highest BCUT2D eigenvalue weighted by Gasteiger charge is 2.37. The Morgan fingerprint density at radius 2 is 1.88 bits per heavy atom. The summed E-state index contributed by atoms with van der Waals surface area (Å²) in [5.41, 5.74) is 2.44. The Hall–Kier alpha value is -1.59. The van der Waals surface area contributed by atoms with Gasteiger partial charge in [0, 0.05) is 11.1 Å². The molecular formula is C20H32O4Si. The molecule has 1 aromatic carbocycles. The van der Waals surface area contributed by atoms with Gasteiger partial charge in [-0.2, -0.15) is 0 Å². The van der Waals surface area contributed by atoms with Crippen molar-refractivity contribution in [2.75, 3.05) is 13.7 Å². The zero-order valence-corrected chi connectivity index (χ0v) is 17.9. The van der Waals surface area contributed by atoms with Gasteiger partial charge in [0.1, 0.15) is 5.75 Å². The van der Waals surface area contributed by atoms with E-state index < -0.39 is 8.32 Å². The lowest BCUT2D eigenvalue weighted by Gasteiger charge is -2.36. The van der Waals surface area contributed by atoms with Gasteiger partial charge in [0.2, 0.25) is 0 Å². The van der Waals surface area contributed by atoms with Gasteiger partial charge in [-0.25, -0.2) is 4.79 Å². The molecule has 1 rings (SSSR count). The SMILES string of the molecule is CCOC(=O)/C(C)=C/c1cccc(OC)c1CO[Si](C)(C)C(C)(C)C. The van der Waals surface area contributed by atoms with Crippen LogP contribution < -0.4 is 4.74 Å². The van der Waals surface area contributed by atoms with Crippen molar-refractivity contribution in [3.05, 3.63) is 34.9 Å². The highest BCUT2D eigenvalue weighted by Crippen LogP contribution is 2.38. The fourth-order valence-electron chi connectivity index (χ4n) is 2.07. The van der Waals surface area contributed by atoms with Crippen molar-refractivity contribution in [1.82, 2.24) is 0 Å². The zero-order valence-electron chi connectivity index (χ0n) is 16.9. The summed E-state index contributed by atoms with van der Waals surface area (Å²) in [4.78, 5) is 11.9. The van der Waals surface area contributed by atoms with E-state index in [1.54, 1.807) is 21.0 Å². The van der Waals surface area contributed by atoms with E-state index in [0.29, 0.717) is 18.8 Å². The summed E-state index contributed by atoms with van der Waals surface area (Å²) in [5, 5.41) is 0.131. The Labute approximate surface area is 153 Å². The first-order valence-electron chi connectivity index (χ1n) is 8.68. The molecule has 0 atom stereocenters. The van der Waals surface area contributed by atoms with E-state index in [4.69, 9.17) is 13.9 Å². The van der Waals surface area contributed by atoms with Crippen LogP contribution in [0.2, 0.25) is 18.1 Å². The second-order valence-corrected chi connectivity index (χ2v) is 12.4. The van der Waals surface area contributed by atoms with E-state index in [9.17, 15) is 4.79 Å². The number of hydrogen-bond acceptors (Lipinski definition) is 4. The maximum atomic E-state index is 11.9. The van der Waals surface area contributed by atoms with Crippen molar-refractivity contribution in [3.63, 3.8) is 0 Å². The largest absolute Gasteiger partial charge is 0.496 e. The maximum Gasteiger partial charge on any atom is 0.333 e. The molecule has 0 spiro atoms. The fraction of sp³-hybridized carbons (Fsp3) is 0.550. The predicted molar refractivity (Wildman–Crippen MR) is 105 cm³/mol. The van der Waals surface area contributed by atoms with E-state index in [2.05, 4.69) is 33.9 Å². The normalized spacial score (nSPS) is 12.9. The summed E-state index contributed by atoms with van der Waals surface area (Å²) in [6, 6.07) is 5.80. The van der Waals surface area contributed by atoms with Gasteiger partial charge >= 0.3 is 5.97 Å². The van der Waals surface area contributed by atoms with Crippen molar-refractivity contribution in [1.29, 1.82) is 0 Å². The topological polar surface area (TPSA) is 44.8 Å². The van der Waals surface area contributed by atoms with Crippen LogP contribution in [0, 0.1) is 0 Å². The summed E-state index contributed by atoms with van der Waals surface area (Å²) in [6.45, 7) is 15.5. The van der Waals surface area contributed by atoms with E-state index in [-0.39, 0.29) is 11.0 Å². The molecule has 0 saturated heterocycles. The molecular weight excluding hydrogens is 332 g/mol. The molecule has 0 saturated carbocycles. The molecule has 0 bridgehead atoms. The number of hydrogen-bond donors (Lipinski definition) is 0. The molecule has 4 nitrogen and oxygen atoms in total. The van der Waals surface area contributed by atoms with Gasteiger partial charge in [0.25, 0.3) is 0 Å². The van der Waals surface area contributed by atoms with E-state index in [1.807, 2.05) is 24.3 Å². The third kappa shape index (κ3) is 5.72. The van der Waals surface area contributed by atoms with Crippen molar-refractivity contribution < 1.29 is 18.7 Å². The van der Waals surface area contributed by atoms with Gasteiger partial charge in [-0.15, -0.1) is 0 Å². The first kappa shape index (κ1) is 21.4. The van der Waals surface area contributed by atoms with Crippen LogP contribution in [0.5, 0.6) is 5.75 Å². The minimum absolute atomic E-state index is 0.131. The predicted octanol–water partition coefficient (Wildman–Crippen LogP) is 5.18. The number of ether oxygens (including phenoxy) is 2. The Morgan fingerprint density at radius 1 is 1.24 bits per heavy atom. The Bertz CT molecular complexity index is 627. The van der Waals surface area contributed by atoms with Gasteiger partial charge in [-0.05, 0) is 49.7 Å². The number of esters is 1. The van der Waals surface area contributed by atoms with Gasteiger partial charge in [-0.3, -0.25) is 0 Å². The second-order valence-electron chi connectivity index (χ2n) is 7.62. The average Bonchev–Trinajstić information content (AvgIpc) is 2.52. The molecule has 0 unspecified atom stereocenters. The molecule has 0 aliphatic rings. The first-order chi connectivity index (χ1) is 11.5. The van der Waals surface area contributed by atoms with Crippen LogP contribution in [-0.4, -0.2) is 28.0 Å². The third-order valence-corrected chi connectivity index (χ3v) is 9.22. The van der Waals surface area contributed by atoms with Crippen LogP contribution in [-0.2, 0) is 20.6 Å².